The molecule has 84 valence electrons. The van der Waals surface area contributed by atoms with Crippen LogP contribution >= 0.6 is 11.8 Å². The van der Waals surface area contributed by atoms with Crippen LogP contribution in [0.25, 0.3) is 0 Å². The molecule has 0 spiro atoms. The Hall–Kier alpha value is 0.310. The first kappa shape index (κ1) is 12.4. The van der Waals surface area contributed by atoms with Crippen molar-refractivity contribution in [3.63, 3.8) is 0 Å². The second kappa shape index (κ2) is 6.02. The molecule has 0 bridgehead atoms. The minimum Gasteiger partial charge on any atom is -0.310 e. The first-order valence-electron chi connectivity index (χ1n) is 5.97. The predicted octanol–water partition coefficient (Wildman–Crippen LogP) is 3.29. The van der Waals surface area contributed by atoms with Gasteiger partial charge in [0, 0.05) is 17.3 Å². The fraction of sp³-hybridized carbons (Fsp3) is 1.00. The zero-order valence-corrected chi connectivity index (χ0v) is 10.9. The lowest BCUT2D eigenvalue weighted by molar-refractivity contribution is 0.368. The predicted molar refractivity (Wildman–Crippen MR) is 67.0 cm³/mol. The van der Waals surface area contributed by atoms with E-state index in [0.29, 0.717) is 6.04 Å². The molecule has 1 aliphatic rings. The molecule has 0 aromatic rings. The Morgan fingerprint density at radius 3 is 2.64 bits per heavy atom. The Labute approximate surface area is 93.4 Å². The quantitative estimate of drug-likeness (QED) is 0.772. The molecule has 3 unspecified atom stereocenters. The van der Waals surface area contributed by atoms with Crippen molar-refractivity contribution in [2.24, 2.45) is 5.92 Å². The summed E-state index contributed by atoms with van der Waals surface area (Å²) in [6.07, 6.45) is 4.06. The van der Waals surface area contributed by atoms with Crippen LogP contribution in [-0.4, -0.2) is 23.1 Å². The van der Waals surface area contributed by atoms with E-state index in [-0.39, 0.29) is 0 Å². The summed E-state index contributed by atoms with van der Waals surface area (Å²) < 4.78 is 0. The van der Waals surface area contributed by atoms with Gasteiger partial charge in [0.25, 0.3) is 0 Å². The van der Waals surface area contributed by atoms with Crippen molar-refractivity contribution in [2.45, 2.75) is 64.3 Å². The van der Waals surface area contributed by atoms with Gasteiger partial charge in [-0.05, 0) is 37.9 Å². The molecule has 1 nitrogen and oxygen atoms in total. The molecule has 1 N–H and O–H groups in total. The van der Waals surface area contributed by atoms with Gasteiger partial charge in [0.05, 0.1) is 0 Å². The van der Waals surface area contributed by atoms with E-state index in [2.05, 4.69) is 44.8 Å². The molecular weight excluding hydrogens is 190 g/mol. The van der Waals surface area contributed by atoms with Crippen molar-refractivity contribution in [2.75, 3.05) is 5.75 Å². The van der Waals surface area contributed by atoms with Crippen molar-refractivity contribution in [1.29, 1.82) is 0 Å². The van der Waals surface area contributed by atoms with E-state index in [9.17, 15) is 0 Å². The highest BCUT2D eigenvalue weighted by Crippen LogP contribution is 2.25. The van der Waals surface area contributed by atoms with Gasteiger partial charge in [0.15, 0.2) is 0 Å². The highest BCUT2D eigenvalue weighted by molar-refractivity contribution is 7.99. The van der Waals surface area contributed by atoms with Gasteiger partial charge in [-0.15, -0.1) is 0 Å². The Morgan fingerprint density at radius 1 is 1.36 bits per heavy atom. The van der Waals surface area contributed by atoms with E-state index in [4.69, 9.17) is 0 Å². The van der Waals surface area contributed by atoms with Crippen molar-refractivity contribution in [3.8, 4) is 0 Å². The van der Waals surface area contributed by atoms with Gasteiger partial charge in [0.2, 0.25) is 0 Å². The number of thioether (sulfide) groups is 1. The van der Waals surface area contributed by atoms with Crippen LogP contribution in [0.15, 0.2) is 0 Å². The molecule has 1 aliphatic heterocycles. The summed E-state index contributed by atoms with van der Waals surface area (Å²) in [7, 11) is 0. The van der Waals surface area contributed by atoms with Gasteiger partial charge >= 0.3 is 0 Å². The van der Waals surface area contributed by atoms with E-state index < -0.39 is 0 Å². The van der Waals surface area contributed by atoms with Crippen molar-refractivity contribution < 1.29 is 0 Å². The molecule has 0 aromatic carbocycles. The van der Waals surface area contributed by atoms with Crippen LogP contribution < -0.4 is 5.32 Å². The zero-order chi connectivity index (χ0) is 10.6. The summed E-state index contributed by atoms with van der Waals surface area (Å²) >= 11 is 2.12. The van der Waals surface area contributed by atoms with Gasteiger partial charge in [-0.3, -0.25) is 0 Å². The number of hydrogen-bond acceptors (Lipinski definition) is 2. The smallest absolute Gasteiger partial charge is 0.0186 e. The van der Waals surface area contributed by atoms with Crippen LogP contribution in [0, 0.1) is 5.92 Å². The SMILES string of the molecule is CC(C)CC(C)NC1CCCSC1C. The zero-order valence-electron chi connectivity index (χ0n) is 10.0. The molecule has 0 radical (unpaired) electrons. The fourth-order valence-corrected chi connectivity index (χ4v) is 3.43. The molecular formula is C12H25NS. The normalized spacial score (nSPS) is 30.6. The van der Waals surface area contributed by atoms with Crippen molar-refractivity contribution in [1.82, 2.24) is 5.32 Å². The molecule has 1 saturated heterocycles. The van der Waals surface area contributed by atoms with E-state index >= 15 is 0 Å². The minimum atomic E-state index is 0.682. The molecule has 1 heterocycles. The van der Waals surface area contributed by atoms with Crippen LogP contribution in [0.2, 0.25) is 0 Å². The summed E-state index contributed by atoms with van der Waals surface area (Å²) in [4.78, 5) is 0. The van der Waals surface area contributed by atoms with Crippen LogP contribution in [0.5, 0.6) is 0 Å². The monoisotopic (exact) mass is 215 g/mol. The van der Waals surface area contributed by atoms with Gasteiger partial charge in [0.1, 0.15) is 0 Å². The van der Waals surface area contributed by atoms with E-state index in [1.165, 1.54) is 25.0 Å². The van der Waals surface area contributed by atoms with Crippen LogP contribution in [0.4, 0.5) is 0 Å². The van der Waals surface area contributed by atoms with E-state index in [1.54, 1.807) is 0 Å². The number of rotatable bonds is 4. The highest BCUT2D eigenvalue weighted by Gasteiger charge is 2.22. The molecule has 14 heavy (non-hydrogen) atoms. The molecule has 1 rings (SSSR count). The summed E-state index contributed by atoms with van der Waals surface area (Å²) in [5.41, 5.74) is 0. The topological polar surface area (TPSA) is 12.0 Å². The first-order valence-corrected chi connectivity index (χ1v) is 7.02. The molecule has 0 amide bonds. The summed E-state index contributed by atoms with van der Waals surface area (Å²) in [6, 6.07) is 1.43. The largest absolute Gasteiger partial charge is 0.310 e. The lowest BCUT2D eigenvalue weighted by Gasteiger charge is -2.32. The van der Waals surface area contributed by atoms with Crippen LogP contribution in [0.1, 0.15) is 47.0 Å². The Bertz CT molecular complexity index is 158. The first-order chi connectivity index (χ1) is 6.59. The van der Waals surface area contributed by atoms with E-state index in [1.807, 2.05) is 0 Å². The van der Waals surface area contributed by atoms with Crippen LogP contribution in [-0.2, 0) is 0 Å². The molecule has 2 heteroatoms. The number of nitrogens with one attached hydrogen (secondary N) is 1. The van der Waals surface area contributed by atoms with E-state index in [0.717, 1.165) is 17.2 Å². The minimum absolute atomic E-state index is 0.682. The third kappa shape index (κ3) is 4.22. The molecule has 0 aliphatic carbocycles. The maximum atomic E-state index is 3.78. The maximum Gasteiger partial charge on any atom is 0.0186 e. The lowest BCUT2D eigenvalue weighted by Crippen LogP contribution is -2.44. The molecule has 0 aromatic heterocycles. The molecule has 1 fully saturated rings. The van der Waals surface area contributed by atoms with Gasteiger partial charge in [-0.1, -0.05) is 20.8 Å². The van der Waals surface area contributed by atoms with Gasteiger partial charge in [-0.25, -0.2) is 0 Å². The second-order valence-corrected chi connectivity index (χ2v) is 6.51. The van der Waals surface area contributed by atoms with Crippen LogP contribution in [0.3, 0.4) is 0 Å². The Balaban J connectivity index is 2.27. The average Bonchev–Trinajstić information content (AvgIpc) is 2.07. The Kier molecular flexibility index (Phi) is 5.32. The third-order valence-corrected chi connectivity index (χ3v) is 4.31. The summed E-state index contributed by atoms with van der Waals surface area (Å²) in [6.45, 7) is 9.30. The van der Waals surface area contributed by atoms with Gasteiger partial charge in [-0.2, -0.15) is 11.8 Å². The van der Waals surface area contributed by atoms with Gasteiger partial charge < -0.3 is 5.32 Å². The fourth-order valence-electron chi connectivity index (χ4n) is 2.28. The summed E-state index contributed by atoms with van der Waals surface area (Å²) in [5, 5.41) is 4.58. The maximum absolute atomic E-state index is 3.78. The number of hydrogen-bond donors (Lipinski definition) is 1. The van der Waals surface area contributed by atoms with Crippen molar-refractivity contribution in [3.05, 3.63) is 0 Å². The highest BCUT2D eigenvalue weighted by atomic mass is 32.2. The average molecular weight is 215 g/mol. The Morgan fingerprint density at radius 2 is 2.07 bits per heavy atom. The lowest BCUT2D eigenvalue weighted by atomic mass is 10.0. The molecule has 0 saturated carbocycles. The summed E-state index contributed by atoms with van der Waals surface area (Å²) in [5.74, 6) is 2.17. The third-order valence-electron chi connectivity index (χ3n) is 2.93. The second-order valence-electron chi connectivity index (χ2n) is 5.02. The molecule has 3 atom stereocenters. The standard InChI is InChI=1S/C12H25NS/c1-9(2)8-10(3)13-12-6-5-7-14-11(12)4/h9-13H,5-8H2,1-4H3. The van der Waals surface area contributed by atoms with Crippen molar-refractivity contribution >= 4 is 11.8 Å².